The molecule has 1 N–H and O–H groups in total. The summed E-state index contributed by atoms with van der Waals surface area (Å²) in [4.78, 5) is 12.6. The molecule has 1 fully saturated rings. The summed E-state index contributed by atoms with van der Waals surface area (Å²) < 4.78 is 0. The molecule has 0 amide bonds. The van der Waals surface area contributed by atoms with Gasteiger partial charge in [-0.2, -0.15) is 0 Å². The van der Waals surface area contributed by atoms with E-state index in [0.29, 0.717) is 16.8 Å². The van der Waals surface area contributed by atoms with Crippen molar-refractivity contribution in [2.45, 2.75) is 25.4 Å². The molecule has 18 heavy (non-hydrogen) atoms. The lowest BCUT2D eigenvalue weighted by Gasteiger charge is -2.15. The molecular weight excluding hydrogens is 254 g/mol. The Labute approximate surface area is 111 Å². The van der Waals surface area contributed by atoms with Crippen LogP contribution in [0, 0.1) is 10.1 Å². The van der Waals surface area contributed by atoms with Gasteiger partial charge in [0.2, 0.25) is 0 Å². The first-order valence-corrected chi connectivity index (χ1v) is 6.26. The quantitative estimate of drug-likeness (QED) is 0.677. The Hall–Kier alpha value is -1.33. The molecule has 1 heterocycles. The average Bonchev–Trinajstić information content (AvgIpc) is 2.61. The number of rotatable bonds is 3. The van der Waals surface area contributed by atoms with Gasteiger partial charge >= 0.3 is 0 Å². The molecule has 6 heteroatoms. The maximum absolute atomic E-state index is 10.7. The van der Waals surface area contributed by atoms with E-state index in [9.17, 15) is 10.1 Å². The van der Waals surface area contributed by atoms with Gasteiger partial charge in [-0.15, -0.1) is 0 Å². The van der Waals surface area contributed by atoms with Crippen LogP contribution in [0.5, 0.6) is 0 Å². The first-order chi connectivity index (χ1) is 8.47. The third-order valence-electron chi connectivity index (χ3n) is 3.41. The summed E-state index contributed by atoms with van der Waals surface area (Å²) in [6.45, 7) is 3.08. The van der Waals surface area contributed by atoms with E-state index in [1.165, 1.54) is 12.1 Å². The van der Waals surface area contributed by atoms with E-state index in [4.69, 9.17) is 11.6 Å². The Morgan fingerprint density at radius 3 is 2.83 bits per heavy atom. The molecule has 0 radical (unpaired) electrons. The molecule has 1 aromatic carbocycles. The second kappa shape index (κ2) is 5.12. The van der Waals surface area contributed by atoms with E-state index in [1.807, 2.05) is 0 Å². The van der Waals surface area contributed by atoms with Gasteiger partial charge in [-0.25, -0.2) is 0 Å². The fraction of sp³-hybridized carbons (Fsp3) is 0.500. The topological polar surface area (TPSA) is 58.4 Å². The summed E-state index contributed by atoms with van der Waals surface area (Å²) in [5.74, 6) is 0. The fourth-order valence-corrected chi connectivity index (χ4v) is 2.43. The average molecular weight is 270 g/mol. The van der Waals surface area contributed by atoms with Crippen molar-refractivity contribution in [1.82, 2.24) is 4.90 Å². The predicted octanol–water partition coefficient (Wildman–Crippen LogP) is 2.75. The Morgan fingerprint density at radius 2 is 2.28 bits per heavy atom. The maximum Gasteiger partial charge on any atom is 0.271 e. The molecule has 1 saturated heterocycles. The van der Waals surface area contributed by atoms with E-state index in [-0.39, 0.29) is 11.7 Å². The van der Waals surface area contributed by atoms with E-state index >= 15 is 0 Å². The Morgan fingerprint density at radius 1 is 1.56 bits per heavy atom. The second-order valence-electron chi connectivity index (χ2n) is 4.79. The van der Waals surface area contributed by atoms with Gasteiger partial charge in [0.05, 0.1) is 15.6 Å². The number of hydrogen-bond donors (Lipinski definition) is 1. The van der Waals surface area contributed by atoms with Gasteiger partial charge in [0, 0.05) is 30.8 Å². The van der Waals surface area contributed by atoms with Crippen molar-refractivity contribution in [2.24, 2.45) is 0 Å². The summed E-state index contributed by atoms with van der Waals surface area (Å²) in [6.07, 6.45) is 1.01. The molecule has 2 atom stereocenters. The van der Waals surface area contributed by atoms with Crippen LogP contribution in [0.3, 0.4) is 0 Å². The zero-order chi connectivity index (χ0) is 13.3. The summed E-state index contributed by atoms with van der Waals surface area (Å²) >= 11 is 6.05. The molecule has 0 saturated carbocycles. The molecule has 2 unspecified atom stereocenters. The minimum absolute atomic E-state index is 0.0568. The molecule has 2 rings (SSSR count). The highest BCUT2D eigenvalue weighted by Gasteiger charge is 2.26. The summed E-state index contributed by atoms with van der Waals surface area (Å²) in [5.41, 5.74) is 0.694. The summed E-state index contributed by atoms with van der Waals surface area (Å²) in [7, 11) is 2.07. The highest BCUT2D eigenvalue weighted by Crippen LogP contribution is 2.29. The molecule has 0 bridgehead atoms. The fourth-order valence-electron chi connectivity index (χ4n) is 2.26. The number of halogens is 1. The summed E-state index contributed by atoms with van der Waals surface area (Å²) in [6, 6.07) is 5.26. The molecule has 5 nitrogen and oxygen atoms in total. The van der Waals surface area contributed by atoms with Gasteiger partial charge in [-0.1, -0.05) is 11.6 Å². The third-order valence-corrected chi connectivity index (χ3v) is 3.74. The molecule has 98 valence electrons. The van der Waals surface area contributed by atoms with Crippen LogP contribution in [0.25, 0.3) is 0 Å². The molecular formula is C12H16ClN3O2. The number of benzene rings is 1. The Kier molecular flexibility index (Phi) is 3.73. The van der Waals surface area contributed by atoms with Gasteiger partial charge in [0.15, 0.2) is 0 Å². The largest absolute Gasteiger partial charge is 0.380 e. The molecule has 0 spiro atoms. The number of nitrogens with zero attached hydrogens (tertiary/aromatic N) is 2. The van der Waals surface area contributed by atoms with Crippen LogP contribution in [0.2, 0.25) is 5.02 Å². The Bertz CT molecular complexity index is 457. The molecule has 0 aliphatic carbocycles. The highest BCUT2D eigenvalue weighted by atomic mass is 35.5. The van der Waals surface area contributed by atoms with Crippen LogP contribution in [-0.2, 0) is 0 Å². The van der Waals surface area contributed by atoms with Gasteiger partial charge in [-0.05, 0) is 26.5 Å². The van der Waals surface area contributed by atoms with Crippen molar-refractivity contribution in [3.05, 3.63) is 33.3 Å². The van der Waals surface area contributed by atoms with E-state index in [2.05, 4.69) is 24.2 Å². The van der Waals surface area contributed by atoms with Gasteiger partial charge < -0.3 is 10.2 Å². The van der Waals surface area contributed by atoms with Crippen LogP contribution in [0.15, 0.2) is 18.2 Å². The number of non-ortho nitro benzene ring substituents is 1. The highest BCUT2D eigenvalue weighted by molar-refractivity contribution is 6.33. The van der Waals surface area contributed by atoms with Crippen molar-refractivity contribution in [3.63, 3.8) is 0 Å². The number of nitro groups is 1. The zero-order valence-corrected chi connectivity index (χ0v) is 11.1. The molecule has 0 aromatic heterocycles. The smallest absolute Gasteiger partial charge is 0.271 e. The molecule has 1 aliphatic heterocycles. The van der Waals surface area contributed by atoms with E-state index in [1.54, 1.807) is 6.07 Å². The number of anilines is 1. The van der Waals surface area contributed by atoms with Crippen molar-refractivity contribution in [2.75, 3.05) is 18.9 Å². The zero-order valence-electron chi connectivity index (χ0n) is 10.4. The minimum atomic E-state index is -0.412. The van der Waals surface area contributed by atoms with Crippen LogP contribution in [-0.4, -0.2) is 35.5 Å². The van der Waals surface area contributed by atoms with E-state index < -0.39 is 4.92 Å². The van der Waals surface area contributed by atoms with Crippen molar-refractivity contribution < 1.29 is 4.92 Å². The Balaban J connectivity index is 2.14. The third kappa shape index (κ3) is 2.73. The normalized spacial score (nSPS) is 24.2. The SMILES string of the molecule is CC1CC(Nc2cc([N+](=O)[O-])ccc2Cl)CN1C. The van der Waals surface area contributed by atoms with Crippen molar-refractivity contribution in [3.8, 4) is 0 Å². The van der Waals surface area contributed by atoms with Crippen LogP contribution >= 0.6 is 11.6 Å². The van der Waals surface area contributed by atoms with E-state index in [0.717, 1.165) is 13.0 Å². The lowest BCUT2D eigenvalue weighted by molar-refractivity contribution is -0.384. The maximum atomic E-state index is 10.7. The molecule has 1 aromatic rings. The second-order valence-corrected chi connectivity index (χ2v) is 5.19. The predicted molar refractivity (Wildman–Crippen MR) is 72.2 cm³/mol. The van der Waals surface area contributed by atoms with Crippen molar-refractivity contribution in [1.29, 1.82) is 0 Å². The first-order valence-electron chi connectivity index (χ1n) is 5.88. The minimum Gasteiger partial charge on any atom is -0.380 e. The summed E-state index contributed by atoms with van der Waals surface area (Å²) in [5, 5.41) is 14.5. The first kappa shape index (κ1) is 13.1. The number of likely N-dealkylation sites (N-methyl/N-ethyl adjacent to an activating group) is 1. The molecule has 1 aliphatic rings. The van der Waals surface area contributed by atoms with Crippen molar-refractivity contribution >= 4 is 23.0 Å². The number of hydrogen-bond acceptors (Lipinski definition) is 4. The van der Waals surface area contributed by atoms with Crippen LogP contribution in [0.4, 0.5) is 11.4 Å². The standard InChI is InChI=1S/C12H16ClN3O2/c1-8-5-9(7-15(8)2)14-12-6-10(16(17)18)3-4-11(12)13/h3-4,6,8-9,14H,5,7H2,1-2H3. The lowest BCUT2D eigenvalue weighted by Crippen LogP contribution is -2.25. The lowest BCUT2D eigenvalue weighted by atomic mass is 10.2. The van der Waals surface area contributed by atoms with Crippen LogP contribution < -0.4 is 5.32 Å². The number of likely N-dealkylation sites (tertiary alicyclic amines) is 1. The van der Waals surface area contributed by atoms with Crippen LogP contribution in [0.1, 0.15) is 13.3 Å². The van der Waals surface area contributed by atoms with Gasteiger partial charge in [0.1, 0.15) is 0 Å². The van der Waals surface area contributed by atoms with Gasteiger partial charge in [0.25, 0.3) is 5.69 Å². The number of nitrogens with one attached hydrogen (secondary N) is 1. The number of nitro benzene ring substituents is 1. The van der Waals surface area contributed by atoms with Gasteiger partial charge in [-0.3, -0.25) is 10.1 Å². The monoisotopic (exact) mass is 269 g/mol.